The second-order valence-electron chi connectivity index (χ2n) is 4.24. The summed E-state index contributed by atoms with van der Waals surface area (Å²) in [6.45, 7) is 2.09. The van der Waals surface area contributed by atoms with Crippen LogP contribution in [0.2, 0.25) is 0 Å². The van der Waals surface area contributed by atoms with E-state index < -0.39 is 0 Å². The molecule has 0 amide bonds. The van der Waals surface area contributed by atoms with Gasteiger partial charge in [-0.25, -0.2) is 9.37 Å². The SMILES string of the molecule is Cc1noc(Cn2c(CCl)nc3cc(F)c(Br)cc32)n1. The monoisotopic (exact) mass is 358 g/mol. The van der Waals surface area contributed by atoms with Crippen LogP contribution in [-0.4, -0.2) is 19.7 Å². The van der Waals surface area contributed by atoms with E-state index in [1.807, 2.05) is 4.57 Å². The van der Waals surface area contributed by atoms with Crippen LogP contribution in [0.4, 0.5) is 4.39 Å². The zero-order chi connectivity index (χ0) is 14.3. The Morgan fingerprint density at radius 3 is 2.85 bits per heavy atom. The Bertz CT molecular complexity index is 785. The number of nitrogens with zero attached hydrogens (tertiary/aromatic N) is 4. The minimum absolute atomic E-state index is 0.209. The van der Waals surface area contributed by atoms with Crippen molar-refractivity contribution in [3.8, 4) is 0 Å². The van der Waals surface area contributed by atoms with E-state index >= 15 is 0 Å². The van der Waals surface area contributed by atoms with Crippen LogP contribution in [-0.2, 0) is 12.4 Å². The van der Waals surface area contributed by atoms with Gasteiger partial charge in [-0.2, -0.15) is 4.98 Å². The first-order valence-electron chi connectivity index (χ1n) is 5.78. The van der Waals surface area contributed by atoms with E-state index in [0.29, 0.717) is 34.1 Å². The van der Waals surface area contributed by atoms with Crippen LogP contribution in [0.15, 0.2) is 21.1 Å². The summed E-state index contributed by atoms with van der Waals surface area (Å²) in [6.07, 6.45) is 0. The number of imidazole rings is 1. The number of benzene rings is 1. The lowest BCUT2D eigenvalue weighted by atomic mass is 10.3. The number of aromatic nitrogens is 4. The van der Waals surface area contributed by atoms with E-state index in [2.05, 4.69) is 31.1 Å². The van der Waals surface area contributed by atoms with Gasteiger partial charge in [-0.1, -0.05) is 5.16 Å². The average Bonchev–Trinajstić information content (AvgIpc) is 2.96. The van der Waals surface area contributed by atoms with Crippen molar-refractivity contribution >= 4 is 38.6 Å². The lowest BCUT2D eigenvalue weighted by molar-refractivity contribution is 0.368. The number of fused-ring (bicyclic) bond motifs is 1. The molecule has 0 aliphatic rings. The van der Waals surface area contributed by atoms with Crippen LogP contribution >= 0.6 is 27.5 Å². The largest absolute Gasteiger partial charge is 0.337 e. The Labute approximate surface area is 126 Å². The van der Waals surface area contributed by atoms with E-state index in [1.54, 1.807) is 13.0 Å². The second-order valence-corrected chi connectivity index (χ2v) is 5.36. The normalized spacial score (nSPS) is 11.4. The number of halogens is 3. The fraction of sp³-hybridized carbons (Fsp3) is 0.250. The standard InChI is InChI=1S/C12H9BrClFN4O/c1-6-16-12(20-18-6)5-19-10-2-7(13)8(15)3-9(10)17-11(19)4-14/h2-3H,4-5H2,1H3. The van der Waals surface area contributed by atoms with Crippen molar-refractivity contribution < 1.29 is 8.91 Å². The molecular weight excluding hydrogens is 351 g/mol. The first kappa shape index (κ1) is 13.5. The van der Waals surface area contributed by atoms with Crippen molar-refractivity contribution in [1.29, 1.82) is 0 Å². The fourth-order valence-corrected chi connectivity index (χ4v) is 2.52. The van der Waals surface area contributed by atoms with Crippen molar-refractivity contribution in [1.82, 2.24) is 19.7 Å². The molecule has 5 nitrogen and oxygen atoms in total. The van der Waals surface area contributed by atoms with Crippen LogP contribution in [0.1, 0.15) is 17.5 Å². The molecule has 1 aromatic carbocycles. The number of aryl methyl sites for hydroxylation is 1. The molecule has 0 atom stereocenters. The molecule has 8 heteroatoms. The summed E-state index contributed by atoms with van der Waals surface area (Å²) in [6, 6.07) is 3.03. The Balaban J connectivity index is 2.14. The van der Waals surface area contributed by atoms with Gasteiger partial charge >= 0.3 is 0 Å². The van der Waals surface area contributed by atoms with Gasteiger partial charge in [0, 0.05) is 6.07 Å². The maximum atomic E-state index is 13.6. The predicted molar refractivity (Wildman–Crippen MR) is 75.1 cm³/mol. The smallest absolute Gasteiger partial charge is 0.246 e. The van der Waals surface area contributed by atoms with E-state index in [9.17, 15) is 4.39 Å². The third kappa shape index (κ3) is 2.31. The molecule has 0 saturated carbocycles. The Kier molecular flexibility index (Phi) is 3.47. The number of hydrogen-bond donors (Lipinski definition) is 0. The minimum Gasteiger partial charge on any atom is -0.337 e. The summed E-state index contributed by atoms with van der Waals surface area (Å²) in [7, 11) is 0. The highest BCUT2D eigenvalue weighted by Gasteiger charge is 2.15. The van der Waals surface area contributed by atoms with Gasteiger partial charge in [-0.05, 0) is 28.9 Å². The molecule has 0 fully saturated rings. The van der Waals surface area contributed by atoms with E-state index in [4.69, 9.17) is 16.1 Å². The summed E-state index contributed by atoms with van der Waals surface area (Å²) >= 11 is 9.07. The first-order valence-corrected chi connectivity index (χ1v) is 7.10. The quantitative estimate of drug-likeness (QED) is 0.672. The molecule has 0 unspecified atom stereocenters. The maximum Gasteiger partial charge on any atom is 0.246 e. The third-order valence-electron chi connectivity index (χ3n) is 2.85. The van der Waals surface area contributed by atoms with Crippen LogP contribution in [0, 0.1) is 12.7 Å². The van der Waals surface area contributed by atoms with Crippen LogP contribution in [0.3, 0.4) is 0 Å². The van der Waals surface area contributed by atoms with Gasteiger partial charge < -0.3 is 9.09 Å². The first-order chi connectivity index (χ1) is 9.58. The van der Waals surface area contributed by atoms with Gasteiger partial charge in [-0.15, -0.1) is 11.6 Å². The fourth-order valence-electron chi connectivity index (χ4n) is 1.99. The van der Waals surface area contributed by atoms with Crippen molar-refractivity contribution in [2.45, 2.75) is 19.3 Å². The van der Waals surface area contributed by atoms with E-state index in [-0.39, 0.29) is 11.7 Å². The molecular formula is C12H9BrClFN4O. The van der Waals surface area contributed by atoms with Gasteiger partial charge in [-0.3, -0.25) is 0 Å². The maximum absolute atomic E-state index is 13.6. The van der Waals surface area contributed by atoms with Crippen molar-refractivity contribution in [2.24, 2.45) is 0 Å². The van der Waals surface area contributed by atoms with Gasteiger partial charge in [0.25, 0.3) is 0 Å². The van der Waals surface area contributed by atoms with Gasteiger partial charge in [0.15, 0.2) is 5.82 Å². The summed E-state index contributed by atoms with van der Waals surface area (Å²) < 4.78 is 20.9. The summed E-state index contributed by atoms with van der Waals surface area (Å²) in [5.74, 6) is 1.48. The summed E-state index contributed by atoms with van der Waals surface area (Å²) in [5, 5.41) is 3.74. The molecule has 0 aliphatic heterocycles. The topological polar surface area (TPSA) is 56.7 Å². The van der Waals surface area contributed by atoms with Crippen molar-refractivity contribution in [3.05, 3.63) is 40.0 Å². The second kappa shape index (κ2) is 5.14. The lowest BCUT2D eigenvalue weighted by Gasteiger charge is -2.04. The molecule has 3 aromatic rings. The summed E-state index contributed by atoms with van der Waals surface area (Å²) in [5.41, 5.74) is 1.29. The van der Waals surface area contributed by atoms with Crippen molar-refractivity contribution in [2.75, 3.05) is 0 Å². The van der Waals surface area contributed by atoms with Crippen LogP contribution < -0.4 is 0 Å². The molecule has 2 aromatic heterocycles. The van der Waals surface area contributed by atoms with Gasteiger partial charge in [0.05, 0.1) is 21.4 Å². The van der Waals surface area contributed by atoms with Crippen LogP contribution in [0.5, 0.6) is 0 Å². The van der Waals surface area contributed by atoms with Gasteiger partial charge in [0.2, 0.25) is 5.89 Å². The number of hydrogen-bond acceptors (Lipinski definition) is 4. The molecule has 104 valence electrons. The average molecular weight is 360 g/mol. The Hall–Kier alpha value is -1.47. The summed E-state index contributed by atoms with van der Waals surface area (Å²) in [4.78, 5) is 8.47. The molecule has 0 spiro atoms. The lowest BCUT2D eigenvalue weighted by Crippen LogP contribution is -2.04. The number of rotatable bonds is 3. The number of alkyl halides is 1. The van der Waals surface area contributed by atoms with Crippen molar-refractivity contribution in [3.63, 3.8) is 0 Å². The molecule has 0 aliphatic carbocycles. The highest BCUT2D eigenvalue weighted by atomic mass is 79.9. The predicted octanol–water partition coefficient (Wildman–Crippen LogP) is 3.42. The minimum atomic E-state index is -0.364. The highest BCUT2D eigenvalue weighted by molar-refractivity contribution is 9.10. The molecule has 0 N–H and O–H groups in total. The molecule has 20 heavy (non-hydrogen) atoms. The van der Waals surface area contributed by atoms with Crippen LogP contribution in [0.25, 0.3) is 11.0 Å². The Morgan fingerprint density at radius 1 is 1.40 bits per heavy atom. The van der Waals surface area contributed by atoms with E-state index in [1.165, 1.54) is 6.07 Å². The molecule has 2 heterocycles. The molecule has 0 saturated heterocycles. The highest BCUT2D eigenvalue weighted by Crippen LogP contribution is 2.25. The Morgan fingerprint density at radius 2 is 2.20 bits per heavy atom. The zero-order valence-corrected chi connectivity index (χ0v) is 12.7. The molecule has 0 radical (unpaired) electrons. The zero-order valence-electron chi connectivity index (χ0n) is 10.4. The molecule has 0 bridgehead atoms. The third-order valence-corrected chi connectivity index (χ3v) is 3.70. The van der Waals surface area contributed by atoms with E-state index in [0.717, 1.165) is 5.52 Å². The van der Waals surface area contributed by atoms with Gasteiger partial charge in [0.1, 0.15) is 18.2 Å². The molecule has 3 rings (SSSR count).